The summed E-state index contributed by atoms with van der Waals surface area (Å²) in [7, 11) is 0. The number of benzene rings is 1. The average Bonchev–Trinajstić information content (AvgIpc) is 3.18. The summed E-state index contributed by atoms with van der Waals surface area (Å²) < 4.78 is 1.73. The molecule has 0 spiro atoms. The van der Waals surface area contributed by atoms with Gasteiger partial charge >= 0.3 is 0 Å². The molecule has 112 valence electrons. The SMILES string of the molecule is O=[N+]([O-])c1cccc(CSc2nnnn2Cc2cccs2)c1. The molecular weight excluding hydrogens is 322 g/mol. The summed E-state index contributed by atoms with van der Waals surface area (Å²) in [6.45, 7) is 0.627. The molecule has 0 saturated heterocycles. The summed E-state index contributed by atoms with van der Waals surface area (Å²) in [5, 5.41) is 25.2. The van der Waals surface area contributed by atoms with Crippen LogP contribution in [-0.2, 0) is 12.3 Å². The van der Waals surface area contributed by atoms with E-state index in [9.17, 15) is 10.1 Å². The van der Waals surface area contributed by atoms with Gasteiger partial charge in [0, 0.05) is 22.8 Å². The largest absolute Gasteiger partial charge is 0.269 e. The van der Waals surface area contributed by atoms with Crippen LogP contribution >= 0.6 is 23.1 Å². The minimum atomic E-state index is -0.394. The van der Waals surface area contributed by atoms with Crippen molar-refractivity contribution in [1.82, 2.24) is 20.2 Å². The zero-order chi connectivity index (χ0) is 15.4. The van der Waals surface area contributed by atoms with Crippen molar-refractivity contribution in [3.8, 4) is 0 Å². The maximum absolute atomic E-state index is 10.8. The van der Waals surface area contributed by atoms with Gasteiger partial charge in [0.1, 0.15) is 0 Å². The lowest BCUT2D eigenvalue weighted by Crippen LogP contribution is -2.02. The van der Waals surface area contributed by atoms with Gasteiger partial charge in [-0.2, -0.15) is 0 Å². The molecule has 2 aromatic heterocycles. The van der Waals surface area contributed by atoms with Crippen molar-refractivity contribution >= 4 is 28.8 Å². The zero-order valence-corrected chi connectivity index (χ0v) is 13.0. The van der Waals surface area contributed by atoms with E-state index in [2.05, 4.69) is 15.5 Å². The third-order valence-corrected chi connectivity index (χ3v) is 4.76. The molecule has 0 aliphatic carbocycles. The highest BCUT2D eigenvalue weighted by Crippen LogP contribution is 2.23. The number of aromatic nitrogens is 4. The molecular formula is C13H11N5O2S2. The van der Waals surface area contributed by atoms with E-state index in [1.807, 2.05) is 23.6 Å². The van der Waals surface area contributed by atoms with Gasteiger partial charge in [0.2, 0.25) is 5.16 Å². The van der Waals surface area contributed by atoms with Gasteiger partial charge in [-0.25, -0.2) is 4.68 Å². The molecule has 0 unspecified atom stereocenters. The first kappa shape index (κ1) is 14.7. The van der Waals surface area contributed by atoms with Crippen LogP contribution in [0.2, 0.25) is 0 Å². The second-order valence-electron chi connectivity index (χ2n) is 4.41. The van der Waals surface area contributed by atoms with Crippen molar-refractivity contribution in [3.63, 3.8) is 0 Å². The lowest BCUT2D eigenvalue weighted by molar-refractivity contribution is -0.384. The van der Waals surface area contributed by atoms with Crippen molar-refractivity contribution in [3.05, 3.63) is 62.3 Å². The number of nitrogens with zero attached hydrogens (tertiary/aromatic N) is 5. The Morgan fingerprint density at radius 2 is 2.23 bits per heavy atom. The van der Waals surface area contributed by atoms with Gasteiger partial charge in [-0.05, 0) is 27.4 Å². The number of non-ortho nitro benzene ring substituents is 1. The van der Waals surface area contributed by atoms with Gasteiger partial charge in [0.15, 0.2) is 0 Å². The molecule has 0 atom stereocenters. The van der Waals surface area contributed by atoms with Crippen molar-refractivity contribution in [2.75, 3.05) is 0 Å². The first-order chi connectivity index (χ1) is 10.7. The van der Waals surface area contributed by atoms with Crippen LogP contribution in [0, 0.1) is 10.1 Å². The summed E-state index contributed by atoms with van der Waals surface area (Å²) in [5.74, 6) is 0.576. The molecule has 0 aliphatic heterocycles. The number of hydrogen-bond donors (Lipinski definition) is 0. The molecule has 3 aromatic rings. The number of nitro benzene ring substituents is 1. The Hall–Kier alpha value is -2.26. The standard InChI is InChI=1S/C13H11N5O2S2/c19-18(20)11-4-1-3-10(7-11)9-22-13-14-15-16-17(13)8-12-5-2-6-21-12/h1-7H,8-9H2. The number of thiophene rings is 1. The Morgan fingerprint density at radius 3 is 3.00 bits per heavy atom. The number of rotatable bonds is 6. The van der Waals surface area contributed by atoms with Crippen molar-refractivity contribution in [2.24, 2.45) is 0 Å². The first-order valence-corrected chi connectivity index (χ1v) is 8.23. The van der Waals surface area contributed by atoms with Crippen LogP contribution in [0.25, 0.3) is 0 Å². The lowest BCUT2D eigenvalue weighted by Gasteiger charge is -2.03. The Morgan fingerprint density at radius 1 is 1.32 bits per heavy atom. The van der Waals surface area contributed by atoms with E-state index >= 15 is 0 Å². The Kier molecular flexibility index (Phi) is 4.45. The van der Waals surface area contributed by atoms with E-state index in [1.54, 1.807) is 28.2 Å². The van der Waals surface area contributed by atoms with E-state index in [0.717, 1.165) is 5.56 Å². The minimum absolute atomic E-state index is 0.0938. The maximum atomic E-state index is 10.8. The third kappa shape index (κ3) is 3.49. The summed E-state index contributed by atoms with van der Waals surface area (Å²) in [4.78, 5) is 11.6. The normalized spacial score (nSPS) is 10.7. The molecule has 2 heterocycles. The van der Waals surface area contributed by atoms with E-state index < -0.39 is 4.92 Å². The van der Waals surface area contributed by atoms with Gasteiger partial charge in [-0.1, -0.05) is 30.0 Å². The predicted molar refractivity (Wildman–Crippen MR) is 83.9 cm³/mol. The van der Waals surface area contributed by atoms with Crippen LogP contribution in [0.5, 0.6) is 0 Å². The monoisotopic (exact) mass is 333 g/mol. The Bertz CT molecular complexity index is 772. The molecule has 0 bridgehead atoms. The topological polar surface area (TPSA) is 86.7 Å². The van der Waals surface area contributed by atoms with Crippen LogP contribution < -0.4 is 0 Å². The maximum Gasteiger partial charge on any atom is 0.269 e. The highest BCUT2D eigenvalue weighted by atomic mass is 32.2. The molecule has 0 radical (unpaired) electrons. The van der Waals surface area contributed by atoms with Crippen molar-refractivity contribution in [1.29, 1.82) is 0 Å². The summed E-state index contributed by atoms with van der Waals surface area (Å²) in [6, 6.07) is 10.6. The second kappa shape index (κ2) is 6.67. The minimum Gasteiger partial charge on any atom is -0.258 e. The van der Waals surface area contributed by atoms with E-state index in [1.165, 1.54) is 22.7 Å². The van der Waals surface area contributed by atoms with Crippen LogP contribution in [0.15, 0.2) is 46.9 Å². The summed E-state index contributed by atoms with van der Waals surface area (Å²) in [5.41, 5.74) is 0.959. The van der Waals surface area contributed by atoms with Gasteiger partial charge in [-0.15, -0.1) is 16.4 Å². The number of nitro groups is 1. The summed E-state index contributed by atoms with van der Waals surface area (Å²) in [6.07, 6.45) is 0. The van der Waals surface area contributed by atoms with Crippen LogP contribution in [0.1, 0.15) is 10.4 Å². The number of hydrogen-bond acceptors (Lipinski definition) is 7. The van der Waals surface area contributed by atoms with Crippen LogP contribution in [-0.4, -0.2) is 25.1 Å². The van der Waals surface area contributed by atoms with Gasteiger partial charge in [0.05, 0.1) is 11.5 Å². The van der Waals surface area contributed by atoms with Crippen LogP contribution in [0.4, 0.5) is 5.69 Å². The molecule has 7 nitrogen and oxygen atoms in total. The van der Waals surface area contributed by atoms with E-state index in [0.29, 0.717) is 17.5 Å². The van der Waals surface area contributed by atoms with Crippen LogP contribution in [0.3, 0.4) is 0 Å². The quantitative estimate of drug-likeness (QED) is 0.391. The molecule has 3 rings (SSSR count). The molecule has 0 N–H and O–H groups in total. The Balaban J connectivity index is 1.68. The zero-order valence-electron chi connectivity index (χ0n) is 11.3. The van der Waals surface area contributed by atoms with Gasteiger partial charge in [-0.3, -0.25) is 10.1 Å². The number of thioether (sulfide) groups is 1. The molecule has 0 amide bonds. The lowest BCUT2D eigenvalue weighted by atomic mass is 10.2. The molecule has 9 heteroatoms. The van der Waals surface area contributed by atoms with Crippen molar-refractivity contribution < 1.29 is 4.92 Å². The van der Waals surface area contributed by atoms with Crippen molar-refractivity contribution in [2.45, 2.75) is 17.5 Å². The fourth-order valence-electron chi connectivity index (χ4n) is 1.86. The molecule has 1 aromatic carbocycles. The molecule has 0 fully saturated rings. The van der Waals surface area contributed by atoms with Gasteiger partial charge < -0.3 is 0 Å². The summed E-state index contributed by atoms with van der Waals surface area (Å²) >= 11 is 3.11. The third-order valence-electron chi connectivity index (χ3n) is 2.87. The fraction of sp³-hybridized carbons (Fsp3) is 0.154. The number of tetrazole rings is 1. The smallest absolute Gasteiger partial charge is 0.258 e. The molecule has 0 aliphatic rings. The molecule has 22 heavy (non-hydrogen) atoms. The second-order valence-corrected chi connectivity index (χ2v) is 6.39. The van der Waals surface area contributed by atoms with E-state index in [4.69, 9.17) is 0 Å². The fourth-order valence-corrected chi connectivity index (χ4v) is 3.36. The van der Waals surface area contributed by atoms with Gasteiger partial charge in [0.25, 0.3) is 5.69 Å². The first-order valence-electron chi connectivity index (χ1n) is 6.37. The Labute approximate surface area is 134 Å². The van der Waals surface area contributed by atoms with E-state index in [-0.39, 0.29) is 5.69 Å². The molecule has 0 saturated carbocycles. The highest BCUT2D eigenvalue weighted by Gasteiger charge is 2.10. The average molecular weight is 333 g/mol. The highest BCUT2D eigenvalue weighted by molar-refractivity contribution is 7.98. The predicted octanol–water partition coefficient (Wildman–Crippen LogP) is 2.98.